The summed E-state index contributed by atoms with van der Waals surface area (Å²) in [6.45, 7) is 3.66. The molecule has 0 saturated carbocycles. The summed E-state index contributed by atoms with van der Waals surface area (Å²) in [4.78, 5) is 17.1. The predicted octanol–water partition coefficient (Wildman–Crippen LogP) is 3.31. The molecule has 0 fully saturated rings. The van der Waals surface area contributed by atoms with Crippen molar-refractivity contribution in [2.75, 3.05) is 11.9 Å². The topological polar surface area (TPSA) is 92.6 Å². The standard InChI is InChI=1S/C18H17ClN4O3S2/c1-2-9-20-28(25,26)12-13-3-5-14(6-4-13)21-16(24)8-7-15-17(19)22-18-23(15)10-11-27-18/h2-8,10-11,20H,1,9,12H2,(H,21,24)/b8-7+. The van der Waals surface area contributed by atoms with E-state index in [1.54, 1.807) is 34.7 Å². The SMILES string of the molecule is C=CCNS(=O)(=O)Cc1ccc(NC(=O)/C=C/c2c(Cl)nc3sccn23)cc1. The highest BCUT2D eigenvalue weighted by Crippen LogP contribution is 2.22. The van der Waals surface area contributed by atoms with Crippen LogP contribution in [0.4, 0.5) is 5.69 Å². The molecule has 2 aromatic heterocycles. The fourth-order valence-corrected chi connectivity index (χ4v) is 4.52. The Morgan fingerprint density at radius 3 is 2.79 bits per heavy atom. The van der Waals surface area contributed by atoms with E-state index in [1.807, 2.05) is 11.6 Å². The van der Waals surface area contributed by atoms with Gasteiger partial charge in [-0.05, 0) is 23.8 Å². The van der Waals surface area contributed by atoms with Gasteiger partial charge in [0.25, 0.3) is 0 Å². The first-order chi connectivity index (χ1) is 13.4. The molecule has 2 N–H and O–H groups in total. The predicted molar refractivity (Wildman–Crippen MR) is 113 cm³/mol. The van der Waals surface area contributed by atoms with Crippen molar-refractivity contribution in [3.63, 3.8) is 0 Å². The van der Waals surface area contributed by atoms with Crippen LogP contribution in [0.25, 0.3) is 11.0 Å². The van der Waals surface area contributed by atoms with Gasteiger partial charge in [-0.15, -0.1) is 17.9 Å². The van der Waals surface area contributed by atoms with Crippen molar-refractivity contribution in [3.8, 4) is 0 Å². The molecule has 0 spiro atoms. The first-order valence-electron chi connectivity index (χ1n) is 8.15. The molecular weight excluding hydrogens is 420 g/mol. The van der Waals surface area contributed by atoms with Crippen LogP contribution < -0.4 is 10.0 Å². The Kier molecular flexibility index (Phi) is 6.30. The number of fused-ring (bicyclic) bond motifs is 1. The van der Waals surface area contributed by atoms with Crippen molar-refractivity contribution in [1.29, 1.82) is 0 Å². The molecule has 7 nitrogen and oxygen atoms in total. The molecule has 0 radical (unpaired) electrons. The van der Waals surface area contributed by atoms with Crippen LogP contribution in [-0.2, 0) is 20.6 Å². The summed E-state index contributed by atoms with van der Waals surface area (Å²) in [5, 5.41) is 4.92. The van der Waals surface area contributed by atoms with E-state index in [4.69, 9.17) is 11.6 Å². The minimum atomic E-state index is -3.42. The van der Waals surface area contributed by atoms with Crippen LogP contribution in [0, 0.1) is 0 Å². The quantitative estimate of drug-likeness (QED) is 0.418. The third-order valence-electron chi connectivity index (χ3n) is 3.67. The van der Waals surface area contributed by atoms with Crippen molar-refractivity contribution < 1.29 is 13.2 Å². The smallest absolute Gasteiger partial charge is 0.248 e. The maximum Gasteiger partial charge on any atom is 0.248 e. The zero-order valence-corrected chi connectivity index (χ0v) is 17.0. The number of carbonyl (C=O) groups excluding carboxylic acids is 1. The van der Waals surface area contributed by atoms with Crippen LogP contribution in [0.3, 0.4) is 0 Å². The number of hydrogen-bond acceptors (Lipinski definition) is 5. The molecular formula is C18H17ClN4O3S2. The highest BCUT2D eigenvalue weighted by atomic mass is 35.5. The summed E-state index contributed by atoms with van der Waals surface area (Å²) in [6.07, 6.45) is 6.26. The molecule has 0 unspecified atom stereocenters. The van der Waals surface area contributed by atoms with Gasteiger partial charge in [-0.1, -0.05) is 29.8 Å². The van der Waals surface area contributed by atoms with Gasteiger partial charge >= 0.3 is 0 Å². The second kappa shape index (κ2) is 8.70. The van der Waals surface area contributed by atoms with Gasteiger partial charge < -0.3 is 5.32 Å². The summed E-state index contributed by atoms with van der Waals surface area (Å²) in [6, 6.07) is 6.59. The number of thiazole rings is 1. The average molecular weight is 437 g/mol. The van der Waals surface area contributed by atoms with Gasteiger partial charge in [-0.2, -0.15) is 0 Å². The number of imidazole rings is 1. The summed E-state index contributed by atoms with van der Waals surface area (Å²) in [5.41, 5.74) is 1.78. The third-order valence-corrected chi connectivity index (χ3v) is 6.03. The minimum Gasteiger partial charge on any atom is -0.323 e. The van der Waals surface area contributed by atoms with Gasteiger partial charge in [0.2, 0.25) is 15.9 Å². The molecule has 0 bridgehead atoms. The van der Waals surface area contributed by atoms with E-state index >= 15 is 0 Å². The summed E-state index contributed by atoms with van der Waals surface area (Å²) in [7, 11) is -3.42. The van der Waals surface area contributed by atoms with Gasteiger partial charge in [-0.3, -0.25) is 9.20 Å². The van der Waals surface area contributed by atoms with Crippen LogP contribution in [-0.4, -0.2) is 30.3 Å². The monoisotopic (exact) mass is 436 g/mol. The molecule has 0 aliphatic heterocycles. The first kappa shape index (κ1) is 20.3. The number of nitrogens with one attached hydrogen (secondary N) is 2. The fourth-order valence-electron chi connectivity index (χ4n) is 2.41. The van der Waals surface area contributed by atoms with E-state index in [9.17, 15) is 13.2 Å². The number of rotatable bonds is 8. The van der Waals surface area contributed by atoms with Crippen LogP contribution >= 0.6 is 22.9 Å². The lowest BCUT2D eigenvalue weighted by Crippen LogP contribution is -2.25. The lowest BCUT2D eigenvalue weighted by Gasteiger charge is -2.06. The van der Waals surface area contributed by atoms with Gasteiger partial charge in [-0.25, -0.2) is 18.1 Å². The van der Waals surface area contributed by atoms with Crippen molar-refractivity contribution in [1.82, 2.24) is 14.1 Å². The molecule has 3 aromatic rings. The molecule has 2 heterocycles. The average Bonchev–Trinajstić information content (AvgIpc) is 3.20. The number of hydrogen-bond donors (Lipinski definition) is 2. The summed E-state index contributed by atoms with van der Waals surface area (Å²) < 4.78 is 27.9. The highest BCUT2D eigenvalue weighted by molar-refractivity contribution is 7.88. The highest BCUT2D eigenvalue weighted by Gasteiger charge is 2.11. The maximum absolute atomic E-state index is 12.1. The summed E-state index contributed by atoms with van der Waals surface area (Å²) >= 11 is 7.54. The zero-order valence-electron chi connectivity index (χ0n) is 14.6. The van der Waals surface area contributed by atoms with Crippen LogP contribution in [0.5, 0.6) is 0 Å². The third kappa shape index (κ3) is 5.08. The van der Waals surface area contributed by atoms with Crippen LogP contribution in [0.2, 0.25) is 5.15 Å². The van der Waals surface area contributed by atoms with Crippen molar-refractivity contribution in [3.05, 3.63) is 71.0 Å². The molecule has 1 aromatic carbocycles. The molecule has 0 saturated heterocycles. The van der Waals surface area contributed by atoms with Gasteiger partial charge in [0.1, 0.15) is 0 Å². The van der Waals surface area contributed by atoms with Crippen molar-refractivity contribution in [2.24, 2.45) is 0 Å². The molecule has 3 rings (SSSR count). The number of benzene rings is 1. The normalized spacial score (nSPS) is 11.9. The van der Waals surface area contributed by atoms with Gasteiger partial charge in [0.15, 0.2) is 10.1 Å². The number of halogens is 1. The number of amides is 1. The number of anilines is 1. The van der Waals surface area contributed by atoms with Crippen molar-refractivity contribution >= 4 is 55.6 Å². The van der Waals surface area contributed by atoms with E-state index < -0.39 is 10.0 Å². The second-order valence-corrected chi connectivity index (χ2v) is 8.80. The Bertz CT molecular complexity index is 1130. The number of carbonyl (C=O) groups is 1. The lowest BCUT2D eigenvalue weighted by atomic mass is 10.2. The molecule has 146 valence electrons. The largest absolute Gasteiger partial charge is 0.323 e. The van der Waals surface area contributed by atoms with Gasteiger partial charge in [0.05, 0.1) is 11.4 Å². The molecule has 0 atom stereocenters. The van der Waals surface area contributed by atoms with E-state index in [0.717, 1.165) is 4.96 Å². The van der Waals surface area contributed by atoms with Crippen LogP contribution in [0.1, 0.15) is 11.3 Å². The number of sulfonamides is 1. The van der Waals surface area contributed by atoms with E-state index in [2.05, 4.69) is 21.6 Å². The minimum absolute atomic E-state index is 0.147. The summed E-state index contributed by atoms with van der Waals surface area (Å²) in [5.74, 6) is -0.486. The van der Waals surface area contributed by atoms with Gasteiger partial charge in [0, 0.05) is 29.9 Å². The zero-order chi connectivity index (χ0) is 20.1. The Morgan fingerprint density at radius 1 is 1.32 bits per heavy atom. The van der Waals surface area contributed by atoms with E-state index in [-0.39, 0.29) is 18.2 Å². The molecule has 1 amide bonds. The van der Waals surface area contributed by atoms with E-state index in [0.29, 0.717) is 22.1 Å². The fraction of sp³-hybridized carbons (Fsp3) is 0.111. The van der Waals surface area contributed by atoms with Crippen LogP contribution in [0.15, 0.2) is 54.6 Å². The second-order valence-electron chi connectivity index (χ2n) is 5.76. The molecule has 10 heteroatoms. The Balaban J connectivity index is 1.62. The van der Waals surface area contributed by atoms with Crippen molar-refractivity contribution in [2.45, 2.75) is 5.75 Å². The Hall–Kier alpha value is -2.46. The Morgan fingerprint density at radius 2 is 2.07 bits per heavy atom. The first-order valence-corrected chi connectivity index (χ1v) is 11.1. The number of aromatic nitrogens is 2. The number of nitrogens with zero attached hydrogens (tertiary/aromatic N) is 2. The lowest BCUT2D eigenvalue weighted by molar-refractivity contribution is -0.111. The maximum atomic E-state index is 12.1. The molecule has 0 aliphatic rings. The Labute approximate surface area is 171 Å². The molecule has 28 heavy (non-hydrogen) atoms. The van der Waals surface area contributed by atoms with E-state index in [1.165, 1.54) is 23.5 Å². The molecule has 0 aliphatic carbocycles.